The molecule has 1 aliphatic rings. The molecule has 1 N–H and O–H groups in total. The molecule has 0 amide bonds. The van der Waals surface area contributed by atoms with E-state index in [2.05, 4.69) is 15.2 Å². The van der Waals surface area contributed by atoms with E-state index >= 15 is 0 Å². The molecule has 1 aromatic carbocycles. The summed E-state index contributed by atoms with van der Waals surface area (Å²) in [5.41, 5.74) is 1.12. The third kappa shape index (κ3) is 5.01. The van der Waals surface area contributed by atoms with Crippen LogP contribution in [0.4, 0.5) is 4.39 Å². The molecule has 0 spiro atoms. The van der Waals surface area contributed by atoms with Crippen molar-refractivity contribution in [2.24, 2.45) is 10.9 Å². The quantitative estimate of drug-likeness (QED) is 0.665. The average Bonchev–Trinajstić information content (AvgIpc) is 2.98. The zero-order chi connectivity index (χ0) is 15.1. The summed E-state index contributed by atoms with van der Waals surface area (Å²) >= 11 is 0. The third-order valence-corrected chi connectivity index (χ3v) is 3.74. The Kier molecular flexibility index (Phi) is 5.99. The van der Waals surface area contributed by atoms with Gasteiger partial charge >= 0.3 is 0 Å². The van der Waals surface area contributed by atoms with E-state index in [4.69, 9.17) is 4.74 Å². The highest BCUT2D eigenvalue weighted by Crippen LogP contribution is 2.13. The highest BCUT2D eigenvalue weighted by molar-refractivity contribution is 5.79. The van der Waals surface area contributed by atoms with Crippen LogP contribution in [-0.2, 0) is 11.2 Å². The highest BCUT2D eigenvalue weighted by atomic mass is 19.1. The molecule has 0 bridgehead atoms. The Morgan fingerprint density at radius 2 is 2.19 bits per heavy atom. The standard InChI is InChI=1S/C16H24FN3O/c1-18-16(20(2)11-14-8-10-21-12-14)19-9-7-13-3-5-15(17)6-4-13/h3-6,14H,7-12H2,1-2H3,(H,18,19). The summed E-state index contributed by atoms with van der Waals surface area (Å²) in [7, 11) is 3.84. The number of guanidine groups is 1. The first-order valence-corrected chi connectivity index (χ1v) is 7.43. The maximum absolute atomic E-state index is 12.8. The van der Waals surface area contributed by atoms with E-state index in [-0.39, 0.29) is 5.82 Å². The van der Waals surface area contributed by atoms with Gasteiger partial charge in [-0.05, 0) is 30.5 Å². The summed E-state index contributed by atoms with van der Waals surface area (Å²) in [4.78, 5) is 6.45. The first-order valence-electron chi connectivity index (χ1n) is 7.43. The smallest absolute Gasteiger partial charge is 0.193 e. The zero-order valence-corrected chi connectivity index (χ0v) is 12.8. The van der Waals surface area contributed by atoms with E-state index in [1.807, 2.05) is 19.2 Å². The van der Waals surface area contributed by atoms with Crippen LogP contribution in [0.1, 0.15) is 12.0 Å². The topological polar surface area (TPSA) is 36.9 Å². The number of hydrogen-bond acceptors (Lipinski definition) is 2. The molecule has 4 nitrogen and oxygen atoms in total. The van der Waals surface area contributed by atoms with Crippen LogP contribution < -0.4 is 5.32 Å². The normalized spacial score (nSPS) is 18.8. The van der Waals surface area contributed by atoms with E-state index in [9.17, 15) is 4.39 Å². The largest absolute Gasteiger partial charge is 0.381 e. The summed E-state index contributed by atoms with van der Waals surface area (Å²) in [5, 5.41) is 3.35. The average molecular weight is 293 g/mol. The minimum Gasteiger partial charge on any atom is -0.381 e. The number of ether oxygens (including phenoxy) is 1. The van der Waals surface area contributed by atoms with Crippen LogP contribution in [0, 0.1) is 11.7 Å². The minimum absolute atomic E-state index is 0.193. The fraction of sp³-hybridized carbons (Fsp3) is 0.562. The Morgan fingerprint density at radius 3 is 2.81 bits per heavy atom. The molecule has 2 rings (SSSR count). The van der Waals surface area contributed by atoms with Gasteiger partial charge in [0, 0.05) is 39.7 Å². The van der Waals surface area contributed by atoms with Gasteiger partial charge in [-0.2, -0.15) is 0 Å². The second-order valence-corrected chi connectivity index (χ2v) is 5.46. The highest BCUT2D eigenvalue weighted by Gasteiger charge is 2.18. The molecule has 116 valence electrons. The fourth-order valence-corrected chi connectivity index (χ4v) is 2.56. The van der Waals surface area contributed by atoms with Gasteiger partial charge in [0.05, 0.1) is 6.61 Å². The zero-order valence-electron chi connectivity index (χ0n) is 12.8. The van der Waals surface area contributed by atoms with E-state index in [0.717, 1.165) is 50.7 Å². The maximum atomic E-state index is 12.8. The van der Waals surface area contributed by atoms with Gasteiger partial charge in [-0.3, -0.25) is 4.99 Å². The molecule has 1 heterocycles. The second-order valence-electron chi connectivity index (χ2n) is 5.46. The number of hydrogen-bond donors (Lipinski definition) is 1. The van der Waals surface area contributed by atoms with Crippen LogP contribution in [0.25, 0.3) is 0 Å². The second kappa shape index (κ2) is 7.98. The summed E-state index contributed by atoms with van der Waals surface area (Å²) in [5.74, 6) is 1.29. The van der Waals surface area contributed by atoms with Crippen LogP contribution in [-0.4, -0.2) is 51.3 Å². The van der Waals surface area contributed by atoms with Crippen LogP contribution in [0.2, 0.25) is 0 Å². The Morgan fingerprint density at radius 1 is 1.43 bits per heavy atom. The molecular weight excluding hydrogens is 269 g/mol. The molecule has 1 aromatic rings. The molecule has 5 heteroatoms. The van der Waals surface area contributed by atoms with Crippen molar-refractivity contribution < 1.29 is 9.13 Å². The van der Waals surface area contributed by atoms with Gasteiger partial charge in [0.2, 0.25) is 0 Å². The molecule has 0 radical (unpaired) electrons. The van der Waals surface area contributed by atoms with Crippen molar-refractivity contribution >= 4 is 5.96 Å². The Labute approximate surface area is 126 Å². The lowest BCUT2D eigenvalue weighted by molar-refractivity contribution is 0.181. The fourth-order valence-electron chi connectivity index (χ4n) is 2.56. The number of aliphatic imine (C=N–C) groups is 1. The molecule has 1 saturated heterocycles. The third-order valence-electron chi connectivity index (χ3n) is 3.74. The Balaban J connectivity index is 1.75. The number of benzene rings is 1. The first-order chi connectivity index (χ1) is 10.2. The van der Waals surface area contributed by atoms with E-state index in [1.54, 1.807) is 7.05 Å². The van der Waals surface area contributed by atoms with Crippen molar-refractivity contribution in [1.82, 2.24) is 10.2 Å². The molecule has 1 unspecified atom stereocenters. The molecule has 1 atom stereocenters. The number of rotatable bonds is 5. The van der Waals surface area contributed by atoms with Crippen molar-refractivity contribution in [2.75, 3.05) is 40.4 Å². The van der Waals surface area contributed by atoms with E-state index in [1.165, 1.54) is 12.1 Å². The molecule has 1 fully saturated rings. The summed E-state index contributed by atoms with van der Waals surface area (Å²) in [6.45, 7) is 3.45. The number of nitrogens with one attached hydrogen (secondary N) is 1. The monoisotopic (exact) mass is 293 g/mol. The van der Waals surface area contributed by atoms with Crippen LogP contribution in [0.15, 0.2) is 29.3 Å². The lowest BCUT2D eigenvalue weighted by atomic mass is 10.1. The van der Waals surface area contributed by atoms with Crippen LogP contribution in [0.5, 0.6) is 0 Å². The van der Waals surface area contributed by atoms with Gasteiger partial charge in [0.25, 0.3) is 0 Å². The van der Waals surface area contributed by atoms with Gasteiger partial charge in [0.1, 0.15) is 5.82 Å². The van der Waals surface area contributed by atoms with E-state index in [0.29, 0.717) is 5.92 Å². The number of nitrogens with zero attached hydrogens (tertiary/aromatic N) is 2. The maximum Gasteiger partial charge on any atom is 0.193 e. The molecule has 0 saturated carbocycles. The Hall–Kier alpha value is -1.62. The van der Waals surface area contributed by atoms with Gasteiger partial charge in [-0.15, -0.1) is 0 Å². The lowest BCUT2D eigenvalue weighted by Crippen LogP contribution is -2.42. The molecule has 1 aliphatic heterocycles. The van der Waals surface area contributed by atoms with Gasteiger partial charge in [-0.1, -0.05) is 12.1 Å². The van der Waals surface area contributed by atoms with Crippen molar-refractivity contribution in [2.45, 2.75) is 12.8 Å². The van der Waals surface area contributed by atoms with Gasteiger partial charge in [0.15, 0.2) is 5.96 Å². The minimum atomic E-state index is -0.193. The first kappa shape index (κ1) is 15.8. The molecular formula is C16H24FN3O. The molecule has 0 aromatic heterocycles. The summed E-state index contributed by atoms with van der Waals surface area (Å²) in [6, 6.07) is 6.63. The van der Waals surface area contributed by atoms with Crippen LogP contribution >= 0.6 is 0 Å². The summed E-state index contributed by atoms with van der Waals surface area (Å²) in [6.07, 6.45) is 1.97. The van der Waals surface area contributed by atoms with Crippen molar-refractivity contribution in [3.8, 4) is 0 Å². The van der Waals surface area contributed by atoms with Gasteiger partial charge < -0.3 is 15.0 Å². The summed E-state index contributed by atoms with van der Waals surface area (Å²) < 4.78 is 18.2. The predicted molar refractivity (Wildman–Crippen MR) is 83.0 cm³/mol. The van der Waals surface area contributed by atoms with E-state index < -0.39 is 0 Å². The predicted octanol–water partition coefficient (Wildman–Crippen LogP) is 1.91. The number of halogens is 1. The lowest BCUT2D eigenvalue weighted by Gasteiger charge is -2.24. The van der Waals surface area contributed by atoms with Crippen molar-refractivity contribution in [3.63, 3.8) is 0 Å². The van der Waals surface area contributed by atoms with Gasteiger partial charge in [-0.25, -0.2) is 4.39 Å². The van der Waals surface area contributed by atoms with Crippen LogP contribution in [0.3, 0.4) is 0 Å². The molecule has 21 heavy (non-hydrogen) atoms. The SMILES string of the molecule is CN=C(NCCc1ccc(F)cc1)N(C)CC1CCOC1. The van der Waals surface area contributed by atoms with Crippen molar-refractivity contribution in [3.05, 3.63) is 35.6 Å². The Bertz CT molecular complexity index is 455. The van der Waals surface area contributed by atoms with Crippen molar-refractivity contribution in [1.29, 1.82) is 0 Å². The molecule has 0 aliphatic carbocycles.